The van der Waals surface area contributed by atoms with Gasteiger partial charge in [-0.1, -0.05) is 41.7 Å². The van der Waals surface area contributed by atoms with E-state index in [0.29, 0.717) is 10.0 Å². The normalized spacial score (nSPS) is 11.9. The fourth-order valence-corrected chi connectivity index (χ4v) is 2.66. The maximum Gasteiger partial charge on any atom is 0.265 e. The van der Waals surface area contributed by atoms with Gasteiger partial charge in [0.05, 0.1) is 6.04 Å². The molecule has 0 fully saturated rings. The molecule has 1 aromatic carbocycles. The Morgan fingerprint density at radius 2 is 2.10 bits per heavy atom. The molecule has 1 amide bonds. The summed E-state index contributed by atoms with van der Waals surface area (Å²) in [5.41, 5.74) is 6.84. The van der Waals surface area contributed by atoms with E-state index >= 15 is 0 Å². The Kier molecular flexibility index (Phi) is 4.57. The quantitative estimate of drug-likeness (QED) is 0.791. The van der Waals surface area contributed by atoms with Gasteiger partial charge in [0.1, 0.15) is 10.7 Å². The summed E-state index contributed by atoms with van der Waals surface area (Å²) in [6.45, 7) is 4.65. The van der Waals surface area contributed by atoms with Crippen molar-refractivity contribution < 1.29 is 4.79 Å². The number of nitrogens with one attached hydrogen (secondary N) is 2. The molecule has 1 atom stereocenters. The minimum atomic E-state index is -0.194. The van der Waals surface area contributed by atoms with Crippen LogP contribution in [0.2, 0.25) is 0 Å². The summed E-state index contributed by atoms with van der Waals surface area (Å²) in [6, 6.07) is 9.72. The van der Waals surface area contributed by atoms with Crippen molar-refractivity contribution in [3.05, 3.63) is 40.8 Å². The standard InChI is InChI=1S/C14H18N4OS/c1-3-16-14-18-12(15)11(20-14)13(19)17-9(2)10-7-5-4-6-8-10/h4-9H,3,15H2,1-2H3,(H,16,18)(H,17,19). The minimum absolute atomic E-state index is 0.0761. The van der Waals surface area contributed by atoms with Crippen LogP contribution in [0.4, 0.5) is 10.9 Å². The number of nitrogen functional groups attached to an aromatic ring is 1. The van der Waals surface area contributed by atoms with Crippen LogP contribution in [-0.4, -0.2) is 17.4 Å². The third-order valence-corrected chi connectivity index (χ3v) is 3.86. The van der Waals surface area contributed by atoms with Gasteiger partial charge in [-0.25, -0.2) is 4.98 Å². The number of thiazole rings is 1. The highest BCUT2D eigenvalue weighted by atomic mass is 32.1. The summed E-state index contributed by atoms with van der Waals surface area (Å²) in [7, 11) is 0. The molecule has 6 heteroatoms. The molecule has 0 aliphatic heterocycles. The third kappa shape index (κ3) is 3.27. The molecule has 106 valence electrons. The van der Waals surface area contributed by atoms with Crippen LogP contribution >= 0.6 is 11.3 Å². The van der Waals surface area contributed by atoms with Gasteiger partial charge in [0.15, 0.2) is 5.13 Å². The molecule has 1 unspecified atom stereocenters. The molecule has 4 N–H and O–H groups in total. The fraction of sp³-hybridized carbons (Fsp3) is 0.286. The maximum atomic E-state index is 12.2. The predicted octanol–water partition coefficient (Wildman–Crippen LogP) is 2.65. The smallest absolute Gasteiger partial charge is 0.265 e. The van der Waals surface area contributed by atoms with Crippen molar-refractivity contribution in [2.24, 2.45) is 0 Å². The first-order chi connectivity index (χ1) is 9.61. The first kappa shape index (κ1) is 14.3. The molecule has 5 nitrogen and oxygen atoms in total. The Morgan fingerprint density at radius 3 is 2.75 bits per heavy atom. The number of nitrogens with zero attached hydrogens (tertiary/aromatic N) is 1. The topological polar surface area (TPSA) is 80.0 Å². The number of hydrogen-bond acceptors (Lipinski definition) is 5. The van der Waals surface area contributed by atoms with Crippen molar-refractivity contribution in [2.45, 2.75) is 19.9 Å². The lowest BCUT2D eigenvalue weighted by atomic mass is 10.1. The zero-order chi connectivity index (χ0) is 14.5. The highest BCUT2D eigenvalue weighted by Gasteiger charge is 2.18. The van der Waals surface area contributed by atoms with Gasteiger partial charge in [-0.3, -0.25) is 4.79 Å². The predicted molar refractivity (Wildman–Crippen MR) is 83.0 cm³/mol. The van der Waals surface area contributed by atoms with Gasteiger partial charge < -0.3 is 16.4 Å². The number of anilines is 2. The highest BCUT2D eigenvalue weighted by molar-refractivity contribution is 7.18. The summed E-state index contributed by atoms with van der Waals surface area (Å²) in [5.74, 6) is 0.0733. The van der Waals surface area contributed by atoms with Crippen LogP contribution in [0.25, 0.3) is 0 Å². The van der Waals surface area contributed by atoms with Gasteiger partial charge in [0.25, 0.3) is 5.91 Å². The average molecular weight is 290 g/mol. The summed E-state index contributed by atoms with van der Waals surface area (Å²) in [5, 5.41) is 6.66. The summed E-state index contributed by atoms with van der Waals surface area (Å²) in [6.07, 6.45) is 0. The van der Waals surface area contributed by atoms with Crippen LogP contribution in [0, 0.1) is 0 Å². The summed E-state index contributed by atoms with van der Waals surface area (Å²) >= 11 is 1.27. The van der Waals surface area contributed by atoms with Crippen molar-refractivity contribution in [3.8, 4) is 0 Å². The first-order valence-electron chi connectivity index (χ1n) is 6.47. The van der Waals surface area contributed by atoms with E-state index in [0.717, 1.165) is 12.1 Å². The zero-order valence-electron chi connectivity index (χ0n) is 11.5. The summed E-state index contributed by atoms with van der Waals surface area (Å²) < 4.78 is 0. The molecule has 0 saturated heterocycles. The molecule has 0 bridgehead atoms. The van der Waals surface area contributed by atoms with Crippen molar-refractivity contribution in [3.63, 3.8) is 0 Å². The molecule has 0 spiro atoms. The van der Waals surface area contributed by atoms with Gasteiger partial charge in [0.2, 0.25) is 0 Å². The first-order valence-corrected chi connectivity index (χ1v) is 7.29. The lowest BCUT2D eigenvalue weighted by Gasteiger charge is -2.13. The third-order valence-electron chi connectivity index (χ3n) is 2.83. The Morgan fingerprint density at radius 1 is 1.40 bits per heavy atom. The van der Waals surface area contributed by atoms with E-state index in [9.17, 15) is 4.79 Å². The molecular weight excluding hydrogens is 272 g/mol. The minimum Gasteiger partial charge on any atom is -0.382 e. The lowest BCUT2D eigenvalue weighted by molar-refractivity contribution is 0.0944. The monoisotopic (exact) mass is 290 g/mol. The molecule has 0 aliphatic rings. The van der Waals surface area contributed by atoms with E-state index in [4.69, 9.17) is 5.73 Å². The van der Waals surface area contributed by atoms with E-state index in [1.807, 2.05) is 44.2 Å². The number of amides is 1. The van der Waals surface area contributed by atoms with Crippen LogP contribution in [0.5, 0.6) is 0 Å². The molecule has 0 aliphatic carbocycles. The van der Waals surface area contributed by atoms with Gasteiger partial charge in [-0.15, -0.1) is 0 Å². The molecule has 1 aromatic heterocycles. The van der Waals surface area contributed by atoms with E-state index in [1.54, 1.807) is 0 Å². The van der Waals surface area contributed by atoms with E-state index in [2.05, 4.69) is 15.6 Å². The fourth-order valence-electron chi connectivity index (χ4n) is 1.81. The number of benzene rings is 1. The Labute approximate surface area is 122 Å². The molecule has 2 rings (SSSR count). The summed E-state index contributed by atoms with van der Waals surface area (Å²) in [4.78, 5) is 16.8. The van der Waals surface area contributed by atoms with Crippen LogP contribution in [0.1, 0.15) is 35.1 Å². The van der Waals surface area contributed by atoms with Crippen molar-refractivity contribution in [1.29, 1.82) is 0 Å². The van der Waals surface area contributed by atoms with Gasteiger partial charge >= 0.3 is 0 Å². The molecule has 2 aromatic rings. The van der Waals surface area contributed by atoms with Crippen molar-refractivity contribution in [1.82, 2.24) is 10.3 Å². The second-order valence-electron chi connectivity index (χ2n) is 4.37. The van der Waals surface area contributed by atoms with Crippen LogP contribution in [0.3, 0.4) is 0 Å². The molecule has 20 heavy (non-hydrogen) atoms. The van der Waals surface area contributed by atoms with Crippen LogP contribution < -0.4 is 16.4 Å². The van der Waals surface area contributed by atoms with E-state index < -0.39 is 0 Å². The molecule has 0 radical (unpaired) electrons. The van der Waals surface area contributed by atoms with Crippen LogP contribution in [-0.2, 0) is 0 Å². The Hall–Kier alpha value is -2.08. The number of carbonyl (C=O) groups excluding carboxylic acids is 1. The van der Waals surface area contributed by atoms with E-state index in [-0.39, 0.29) is 17.8 Å². The van der Waals surface area contributed by atoms with Gasteiger partial charge in [-0.2, -0.15) is 0 Å². The number of aromatic nitrogens is 1. The Balaban J connectivity index is 2.08. The number of rotatable bonds is 5. The SMILES string of the molecule is CCNc1nc(N)c(C(=O)NC(C)c2ccccc2)s1. The number of carbonyl (C=O) groups is 1. The van der Waals surface area contributed by atoms with Crippen molar-refractivity contribution >= 4 is 28.2 Å². The lowest BCUT2D eigenvalue weighted by Crippen LogP contribution is -2.26. The highest BCUT2D eigenvalue weighted by Crippen LogP contribution is 2.25. The van der Waals surface area contributed by atoms with Gasteiger partial charge in [0, 0.05) is 6.54 Å². The molecule has 0 saturated carbocycles. The average Bonchev–Trinajstić information content (AvgIpc) is 2.81. The second-order valence-corrected chi connectivity index (χ2v) is 5.37. The largest absolute Gasteiger partial charge is 0.382 e. The maximum absolute atomic E-state index is 12.2. The van der Waals surface area contributed by atoms with E-state index in [1.165, 1.54) is 11.3 Å². The molecule has 1 heterocycles. The number of hydrogen-bond donors (Lipinski definition) is 3. The number of nitrogens with two attached hydrogens (primary N) is 1. The Bertz CT molecular complexity index is 582. The van der Waals surface area contributed by atoms with Gasteiger partial charge in [-0.05, 0) is 19.4 Å². The zero-order valence-corrected chi connectivity index (χ0v) is 12.3. The van der Waals surface area contributed by atoms with Crippen molar-refractivity contribution in [2.75, 3.05) is 17.6 Å². The molecular formula is C14H18N4OS. The van der Waals surface area contributed by atoms with Crippen LogP contribution in [0.15, 0.2) is 30.3 Å². The second kappa shape index (κ2) is 6.38.